The first kappa shape index (κ1) is 13.8. The zero-order chi connectivity index (χ0) is 12.8. The van der Waals surface area contributed by atoms with Gasteiger partial charge in [-0.2, -0.15) is 0 Å². The van der Waals surface area contributed by atoms with Crippen molar-refractivity contribution in [2.75, 3.05) is 6.61 Å². The molecule has 0 saturated carbocycles. The van der Waals surface area contributed by atoms with Crippen molar-refractivity contribution < 1.29 is 9.53 Å². The maximum atomic E-state index is 11.9. The first-order chi connectivity index (χ1) is 8.75. The van der Waals surface area contributed by atoms with Crippen LogP contribution in [-0.4, -0.2) is 18.5 Å². The van der Waals surface area contributed by atoms with E-state index >= 15 is 0 Å². The molecule has 0 N–H and O–H groups in total. The summed E-state index contributed by atoms with van der Waals surface area (Å²) in [6.45, 7) is 0.898. The van der Waals surface area contributed by atoms with Gasteiger partial charge in [-0.25, -0.2) is 0 Å². The van der Waals surface area contributed by atoms with E-state index in [-0.39, 0.29) is 0 Å². The number of carbonyl (C=O) groups excluding carboxylic acids is 1. The molecule has 2 nitrogen and oxygen atoms in total. The first-order valence-corrected chi connectivity index (χ1v) is 7.41. The van der Waals surface area contributed by atoms with Gasteiger partial charge >= 0.3 is 0 Å². The van der Waals surface area contributed by atoms with Crippen LogP contribution in [0.5, 0.6) is 0 Å². The minimum absolute atomic E-state index is 0.319. The van der Waals surface area contributed by atoms with Gasteiger partial charge < -0.3 is 4.74 Å². The molecular formula is C15H19BrO2. The monoisotopic (exact) mass is 310 g/mol. The number of hydrogen-bond acceptors (Lipinski definition) is 2. The highest BCUT2D eigenvalue weighted by molar-refractivity contribution is 9.10. The lowest BCUT2D eigenvalue weighted by molar-refractivity contribution is -0.118. The number of carbonyl (C=O) groups is 1. The maximum Gasteiger partial charge on any atom is 0.137 e. The quantitative estimate of drug-likeness (QED) is 0.796. The van der Waals surface area contributed by atoms with Gasteiger partial charge in [0.2, 0.25) is 0 Å². The van der Waals surface area contributed by atoms with Crippen LogP contribution in [0, 0.1) is 0 Å². The third-order valence-electron chi connectivity index (χ3n) is 3.35. The number of ether oxygens (including phenoxy) is 1. The van der Waals surface area contributed by atoms with Crippen molar-refractivity contribution in [2.24, 2.45) is 0 Å². The van der Waals surface area contributed by atoms with E-state index in [1.807, 2.05) is 24.3 Å². The minimum atomic E-state index is 0.319. The van der Waals surface area contributed by atoms with Crippen LogP contribution in [0.25, 0.3) is 0 Å². The smallest absolute Gasteiger partial charge is 0.137 e. The molecule has 98 valence electrons. The van der Waals surface area contributed by atoms with Crippen molar-refractivity contribution >= 4 is 21.7 Å². The predicted molar refractivity (Wildman–Crippen MR) is 75.7 cm³/mol. The van der Waals surface area contributed by atoms with Crippen LogP contribution in [-0.2, 0) is 16.0 Å². The maximum absolute atomic E-state index is 11.9. The summed E-state index contributed by atoms with van der Waals surface area (Å²) in [6, 6.07) is 7.92. The van der Waals surface area contributed by atoms with Crippen LogP contribution in [0.15, 0.2) is 28.7 Å². The number of Topliss-reactive ketones (excluding diaryl/α,β-unsaturated/α-hetero) is 1. The number of hydrogen-bond donors (Lipinski definition) is 0. The molecular weight excluding hydrogens is 292 g/mol. The molecule has 0 aliphatic carbocycles. The molecule has 0 amide bonds. The molecule has 1 aliphatic heterocycles. The molecule has 1 unspecified atom stereocenters. The fraction of sp³-hybridized carbons (Fsp3) is 0.533. The highest BCUT2D eigenvalue weighted by Crippen LogP contribution is 2.20. The van der Waals surface area contributed by atoms with Gasteiger partial charge in [0.25, 0.3) is 0 Å². The third kappa shape index (κ3) is 4.21. The normalized spacial score (nSPS) is 19.1. The molecule has 0 aromatic heterocycles. The third-order valence-corrected chi connectivity index (χ3v) is 4.12. The Kier molecular flexibility index (Phi) is 5.39. The Morgan fingerprint density at radius 3 is 2.94 bits per heavy atom. The highest BCUT2D eigenvalue weighted by atomic mass is 79.9. The van der Waals surface area contributed by atoms with Gasteiger partial charge in [-0.05, 0) is 37.3 Å². The summed E-state index contributed by atoms with van der Waals surface area (Å²) in [5.74, 6) is 0.319. The SMILES string of the molecule is O=C(CCCC1CCCO1)Cc1ccccc1Br. The van der Waals surface area contributed by atoms with Gasteiger partial charge in [0.15, 0.2) is 0 Å². The Bertz CT molecular complexity index is 397. The Hall–Kier alpha value is -0.670. The molecule has 3 heteroatoms. The Morgan fingerprint density at radius 2 is 2.22 bits per heavy atom. The molecule has 1 atom stereocenters. The topological polar surface area (TPSA) is 26.3 Å². The molecule has 0 spiro atoms. The van der Waals surface area contributed by atoms with Gasteiger partial charge in [-0.1, -0.05) is 34.1 Å². The van der Waals surface area contributed by atoms with Crippen molar-refractivity contribution in [3.63, 3.8) is 0 Å². The summed E-state index contributed by atoms with van der Waals surface area (Å²) in [6.07, 6.45) is 5.93. The lowest BCUT2D eigenvalue weighted by Crippen LogP contribution is -2.08. The number of halogens is 1. The molecule has 1 fully saturated rings. The number of ketones is 1. The van der Waals surface area contributed by atoms with Crippen LogP contribution in [0.2, 0.25) is 0 Å². The van der Waals surface area contributed by atoms with Crippen molar-refractivity contribution in [3.05, 3.63) is 34.3 Å². The van der Waals surface area contributed by atoms with Gasteiger partial charge in [-0.3, -0.25) is 4.79 Å². The van der Waals surface area contributed by atoms with Crippen molar-refractivity contribution in [1.82, 2.24) is 0 Å². The number of benzene rings is 1. The van der Waals surface area contributed by atoms with Crippen molar-refractivity contribution in [3.8, 4) is 0 Å². The van der Waals surface area contributed by atoms with E-state index in [1.54, 1.807) is 0 Å². The van der Waals surface area contributed by atoms with E-state index in [1.165, 1.54) is 12.8 Å². The Balaban J connectivity index is 1.70. The van der Waals surface area contributed by atoms with E-state index < -0.39 is 0 Å². The van der Waals surface area contributed by atoms with E-state index in [2.05, 4.69) is 15.9 Å². The van der Waals surface area contributed by atoms with Gasteiger partial charge in [0, 0.05) is 23.9 Å². The minimum Gasteiger partial charge on any atom is -0.378 e. The van der Waals surface area contributed by atoms with Crippen LogP contribution < -0.4 is 0 Å². The van der Waals surface area contributed by atoms with Crippen LogP contribution in [0.4, 0.5) is 0 Å². The average Bonchev–Trinajstić information content (AvgIpc) is 2.85. The lowest BCUT2D eigenvalue weighted by atomic mass is 10.0. The zero-order valence-corrected chi connectivity index (χ0v) is 12.1. The predicted octanol–water partition coefficient (Wildman–Crippen LogP) is 3.91. The summed E-state index contributed by atoms with van der Waals surface area (Å²) in [7, 11) is 0. The second kappa shape index (κ2) is 7.05. The van der Waals surface area contributed by atoms with Gasteiger partial charge in [0.1, 0.15) is 5.78 Å². The summed E-state index contributed by atoms with van der Waals surface area (Å²) in [5.41, 5.74) is 1.08. The Labute approximate surface area is 117 Å². The largest absolute Gasteiger partial charge is 0.378 e. The second-order valence-corrected chi connectivity index (χ2v) is 5.69. The van der Waals surface area contributed by atoms with E-state index in [0.29, 0.717) is 24.7 Å². The molecule has 2 rings (SSSR count). The molecule has 1 aliphatic rings. The Morgan fingerprint density at radius 1 is 1.39 bits per heavy atom. The molecule has 0 bridgehead atoms. The average molecular weight is 311 g/mol. The molecule has 1 aromatic carbocycles. The van der Waals surface area contributed by atoms with E-state index in [9.17, 15) is 4.79 Å². The second-order valence-electron chi connectivity index (χ2n) is 4.83. The fourth-order valence-corrected chi connectivity index (χ4v) is 2.77. The molecule has 0 radical (unpaired) electrons. The fourth-order valence-electron chi connectivity index (χ4n) is 2.34. The molecule has 1 saturated heterocycles. The van der Waals surface area contributed by atoms with Gasteiger partial charge in [0.05, 0.1) is 6.10 Å². The van der Waals surface area contributed by atoms with Crippen LogP contribution in [0.1, 0.15) is 37.7 Å². The number of rotatable bonds is 6. The summed E-state index contributed by atoms with van der Waals surface area (Å²) in [4.78, 5) is 11.9. The van der Waals surface area contributed by atoms with Crippen LogP contribution >= 0.6 is 15.9 Å². The highest BCUT2D eigenvalue weighted by Gasteiger charge is 2.15. The lowest BCUT2D eigenvalue weighted by Gasteiger charge is -2.08. The molecule has 1 aromatic rings. The molecule has 18 heavy (non-hydrogen) atoms. The summed E-state index contributed by atoms with van der Waals surface area (Å²) >= 11 is 3.47. The summed E-state index contributed by atoms with van der Waals surface area (Å²) < 4.78 is 6.58. The standard InChI is InChI=1S/C15H19BrO2/c16-15-9-2-1-5-12(15)11-13(17)6-3-7-14-8-4-10-18-14/h1-2,5,9,14H,3-4,6-8,10-11H2. The first-order valence-electron chi connectivity index (χ1n) is 6.62. The summed E-state index contributed by atoms with van der Waals surface area (Å²) in [5, 5.41) is 0. The van der Waals surface area contributed by atoms with Crippen LogP contribution in [0.3, 0.4) is 0 Å². The van der Waals surface area contributed by atoms with Crippen molar-refractivity contribution in [2.45, 2.75) is 44.6 Å². The zero-order valence-electron chi connectivity index (χ0n) is 10.5. The van der Waals surface area contributed by atoms with Gasteiger partial charge in [-0.15, -0.1) is 0 Å². The van der Waals surface area contributed by atoms with E-state index in [0.717, 1.165) is 29.5 Å². The van der Waals surface area contributed by atoms with E-state index in [4.69, 9.17) is 4.74 Å². The van der Waals surface area contributed by atoms with Crippen molar-refractivity contribution in [1.29, 1.82) is 0 Å². The molecule has 1 heterocycles.